The highest BCUT2D eigenvalue weighted by atomic mass is 32.1. The lowest BCUT2D eigenvalue weighted by Gasteiger charge is -2.43. The van der Waals surface area contributed by atoms with E-state index in [0.717, 1.165) is 5.56 Å². The van der Waals surface area contributed by atoms with Crippen molar-refractivity contribution in [3.63, 3.8) is 0 Å². The van der Waals surface area contributed by atoms with Gasteiger partial charge in [-0.3, -0.25) is 0 Å². The van der Waals surface area contributed by atoms with E-state index in [1.165, 1.54) is 0 Å². The van der Waals surface area contributed by atoms with Gasteiger partial charge in [0.25, 0.3) is 0 Å². The molecule has 0 bridgehead atoms. The van der Waals surface area contributed by atoms with E-state index in [1.54, 1.807) is 103 Å². The van der Waals surface area contributed by atoms with Gasteiger partial charge in [0.05, 0.1) is 16.7 Å². The number of hydrogen-bond donors (Lipinski definition) is 1. The summed E-state index contributed by atoms with van der Waals surface area (Å²) in [6.45, 7) is 1.63. The van der Waals surface area contributed by atoms with Crippen molar-refractivity contribution < 1.29 is 38.1 Å². The molecule has 1 fully saturated rings. The number of thiol groups is 1. The molecule has 0 radical (unpaired) electrons. The van der Waals surface area contributed by atoms with E-state index in [2.05, 4.69) is 12.6 Å². The van der Waals surface area contributed by atoms with E-state index >= 15 is 0 Å². The molecule has 5 rings (SSSR count). The Morgan fingerprint density at radius 3 is 1.60 bits per heavy atom. The molecule has 0 saturated carbocycles. The van der Waals surface area contributed by atoms with Crippen molar-refractivity contribution in [2.24, 2.45) is 0 Å². The molecule has 0 aliphatic carbocycles. The molecule has 9 heteroatoms. The molecule has 1 heterocycles. The van der Waals surface area contributed by atoms with Gasteiger partial charge in [-0.15, -0.1) is 12.6 Å². The van der Waals surface area contributed by atoms with E-state index < -0.39 is 47.8 Å². The van der Waals surface area contributed by atoms with Gasteiger partial charge in [-0.25, -0.2) is 14.4 Å². The van der Waals surface area contributed by atoms with Crippen LogP contribution in [0.2, 0.25) is 0 Å². The summed E-state index contributed by atoms with van der Waals surface area (Å²) in [5, 5.41) is 0. The van der Waals surface area contributed by atoms with Crippen LogP contribution in [0.5, 0.6) is 5.75 Å². The van der Waals surface area contributed by atoms with Gasteiger partial charge in [-0.2, -0.15) is 0 Å². The van der Waals surface area contributed by atoms with Crippen LogP contribution in [0.4, 0.5) is 0 Å². The summed E-state index contributed by atoms with van der Waals surface area (Å²) in [5.41, 5.74) is 0.975. The second-order valence-corrected chi connectivity index (χ2v) is 10.4. The lowest BCUT2D eigenvalue weighted by atomic mass is 9.98. The quantitative estimate of drug-likeness (QED) is 0.149. The molecule has 4 aromatic rings. The Labute approximate surface area is 254 Å². The highest BCUT2D eigenvalue weighted by Crippen LogP contribution is 2.33. The standard InChI is InChI=1S/C34H30O8S/c1-22-17-19-26(20-18-22)39-30-29(42-33(37)25-15-9-4-10-16-25)28(41-32(36)24-13-7-3-8-14-24)27(40-34(30)43)21-38-31(35)23-11-5-2-6-12-23/h2-20,27-30,34,43H,21H2,1H3/t27-,28+,29+,30-,34+/m1/s1. The summed E-state index contributed by atoms with van der Waals surface area (Å²) in [6, 6.07) is 32.5. The minimum absolute atomic E-state index is 0.277. The second-order valence-electron chi connectivity index (χ2n) is 9.90. The zero-order chi connectivity index (χ0) is 30.2. The molecular formula is C34H30O8S. The normalized spacial score (nSPS) is 21.3. The van der Waals surface area contributed by atoms with Crippen LogP contribution in [0.15, 0.2) is 115 Å². The summed E-state index contributed by atoms with van der Waals surface area (Å²) in [5.74, 6) is -1.46. The lowest BCUT2D eigenvalue weighted by molar-refractivity contribution is -0.200. The fourth-order valence-corrected chi connectivity index (χ4v) is 4.94. The molecule has 0 aromatic heterocycles. The predicted octanol–water partition coefficient (Wildman–Crippen LogP) is 5.71. The Bertz CT molecular complexity index is 1510. The van der Waals surface area contributed by atoms with Gasteiger partial charge >= 0.3 is 17.9 Å². The van der Waals surface area contributed by atoms with E-state index in [1.807, 2.05) is 19.1 Å². The van der Waals surface area contributed by atoms with Gasteiger partial charge < -0.3 is 23.7 Å². The number of ether oxygens (including phenoxy) is 5. The second kappa shape index (κ2) is 14.0. The average Bonchev–Trinajstić information content (AvgIpc) is 3.05. The van der Waals surface area contributed by atoms with Crippen molar-refractivity contribution in [3.8, 4) is 5.75 Å². The van der Waals surface area contributed by atoms with E-state index in [0.29, 0.717) is 16.9 Å². The first-order chi connectivity index (χ1) is 20.9. The largest absolute Gasteiger partial charge is 0.483 e. The van der Waals surface area contributed by atoms with Gasteiger partial charge in [0.15, 0.2) is 18.3 Å². The van der Waals surface area contributed by atoms with Crippen molar-refractivity contribution in [2.75, 3.05) is 6.61 Å². The topological polar surface area (TPSA) is 97.4 Å². The third-order valence-corrected chi connectivity index (χ3v) is 7.21. The van der Waals surface area contributed by atoms with Crippen LogP contribution in [-0.4, -0.2) is 54.4 Å². The van der Waals surface area contributed by atoms with Crippen LogP contribution in [0.25, 0.3) is 0 Å². The number of carbonyl (C=O) groups is 3. The highest BCUT2D eigenvalue weighted by Gasteiger charge is 2.51. The average molecular weight is 599 g/mol. The molecule has 0 unspecified atom stereocenters. The Morgan fingerprint density at radius 2 is 1.09 bits per heavy atom. The minimum atomic E-state index is -1.23. The number of aryl methyl sites for hydroxylation is 1. The molecule has 0 N–H and O–H groups in total. The maximum atomic E-state index is 13.4. The fraction of sp³-hybridized carbons (Fsp3) is 0.206. The van der Waals surface area contributed by atoms with Crippen molar-refractivity contribution >= 4 is 30.5 Å². The molecule has 5 atom stereocenters. The number of esters is 3. The van der Waals surface area contributed by atoms with Crippen molar-refractivity contribution in [1.29, 1.82) is 0 Å². The van der Waals surface area contributed by atoms with Crippen LogP contribution < -0.4 is 4.74 Å². The van der Waals surface area contributed by atoms with Gasteiger partial charge in [0.1, 0.15) is 23.9 Å². The van der Waals surface area contributed by atoms with Crippen LogP contribution >= 0.6 is 12.6 Å². The minimum Gasteiger partial charge on any atom is -0.483 e. The molecule has 4 aromatic carbocycles. The molecule has 0 amide bonds. The summed E-state index contributed by atoms with van der Waals surface area (Å²) in [4.78, 5) is 39.5. The maximum absolute atomic E-state index is 13.4. The molecule has 1 aliphatic heterocycles. The van der Waals surface area contributed by atoms with E-state index in [9.17, 15) is 14.4 Å². The molecule has 8 nitrogen and oxygen atoms in total. The van der Waals surface area contributed by atoms with Gasteiger partial charge in [-0.1, -0.05) is 72.3 Å². The Hall–Kier alpha value is -4.60. The van der Waals surface area contributed by atoms with Crippen molar-refractivity contribution in [3.05, 3.63) is 138 Å². The number of rotatable bonds is 9. The fourth-order valence-electron chi connectivity index (χ4n) is 4.55. The third kappa shape index (κ3) is 7.63. The van der Waals surface area contributed by atoms with Crippen molar-refractivity contribution in [1.82, 2.24) is 0 Å². The number of carbonyl (C=O) groups excluding carboxylic acids is 3. The van der Waals surface area contributed by atoms with E-state index in [4.69, 9.17) is 23.7 Å². The summed E-state index contributed by atoms with van der Waals surface area (Å²) in [7, 11) is 0. The Kier molecular flexibility index (Phi) is 9.76. The molecule has 220 valence electrons. The Morgan fingerprint density at radius 1 is 0.628 bits per heavy atom. The predicted molar refractivity (Wildman–Crippen MR) is 161 cm³/mol. The number of hydrogen-bond acceptors (Lipinski definition) is 9. The third-order valence-electron chi connectivity index (χ3n) is 6.80. The zero-order valence-electron chi connectivity index (χ0n) is 23.3. The molecule has 0 spiro atoms. The summed E-state index contributed by atoms with van der Waals surface area (Å²) >= 11 is 4.63. The molecule has 1 saturated heterocycles. The summed E-state index contributed by atoms with van der Waals surface area (Å²) in [6.07, 6.45) is -4.48. The van der Waals surface area contributed by atoms with Gasteiger partial charge in [0, 0.05) is 0 Å². The highest BCUT2D eigenvalue weighted by molar-refractivity contribution is 7.80. The molecule has 1 aliphatic rings. The van der Waals surface area contributed by atoms with Gasteiger partial charge in [-0.05, 0) is 55.5 Å². The lowest BCUT2D eigenvalue weighted by Crippen LogP contribution is -2.62. The zero-order valence-corrected chi connectivity index (χ0v) is 24.2. The first-order valence-electron chi connectivity index (χ1n) is 13.7. The first-order valence-corrected chi connectivity index (χ1v) is 14.2. The summed E-state index contributed by atoms with van der Waals surface area (Å²) < 4.78 is 29.9. The Balaban J connectivity index is 1.48. The van der Waals surface area contributed by atoms with E-state index in [-0.39, 0.29) is 12.2 Å². The van der Waals surface area contributed by atoms with Crippen molar-refractivity contribution in [2.45, 2.75) is 36.8 Å². The number of benzene rings is 4. The SMILES string of the molecule is Cc1ccc(O[C@@H]2[C@@H](OC(=O)c3ccccc3)[C@@H](OC(=O)c3ccccc3)[C@@H](COC(=O)c3ccccc3)O[C@H]2S)cc1. The van der Waals surface area contributed by atoms with Crippen LogP contribution in [-0.2, 0) is 18.9 Å². The first kappa shape index (κ1) is 29.9. The van der Waals surface area contributed by atoms with Crippen LogP contribution in [0, 0.1) is 6.92 Å². The molecule has 43 heavy (non-hydrogen) atoms. The maximum Gasteiger partial charge on any atom is 0.338 e. The van der Waals surface area contributed by atoms with Gasteiger partial charge in [0.2, 0.25) is 0 Å². The monoisotopic (exact) mass is 598 g/mol. The smallest absolute Gasteiger partial charge is 0.338 e. The molecular weight excluding hydrogens is 568 g/mol. The van der Waals surface area contributed by atoms with Crippen LogP contribution in [0.1, 0.15) is 36.6 Å². The van der Waals surface area contributed by atoms with Crippen LogP contribution in [0.3, 0.4) is 0 Å².